The zero-order valence-electron chi connectivity index (χ0n) is 17.0. The van der Waals surface area contributed by atoms with E-state index >= 15 is 0 Å². The Morgan fingerprint density at radius 3 is 2.50 bits per heavy atom. The molecular weight excluding hydrogens is 406 g/mol. The lowest BCUT2D eigenvalue weighted by atomic mass is 9.81. The molecule has 2 amide bonds. The molecule has 158 valence electrons. The van der Waals surface area contributed by atoms with Gasteiger partial charge < -0.3 is 15.0 Å². The number of nitrogens with zero attached hydrogens (tertiary/aromatic N) is 2. The summed E-state index contributed by atoms with van der Waals surface area (Å²) in [5.41, 5.74) is 1.18. The van der Waals surface area contributed by atoms with Gasteiger partial charge >= 0.3 is 0 Å². The van der Waals surface area contributed by atoms with Gasteiger partial charge in [-0.3, -0.25) is 9.59 Å². The molecule has 0 bridgehead atoms. The van der Waals surface area contributed by atoms with Crippen LogP contribution in [0.15, 0.2) is 47.4 Å². The zero-order chi connectivity index (χ0) is 21.7. The van der Waals surface area contributed by atoms with E-state index in [1.54, 1.807) is 37.3 Å². The topological polar surface area (TPSA) is 96.0 Å². The SMILES string of the molecule is COc1ccc2c(c1)C1(CCN(S(=O)(=O)c3ccc(NC(C)=O)cc3)C1)C(=O)N2C. The number of likely N-dealkylation sites (N-methyl/N-ethyl adjacent to an activating group) is 1. The van der Waals surface area contributed by atoms with Gasteiger partial charge in [0.2, 0.25) is 21.8 Å². The number of anilines is 2. The molecule has 2 heterocycles. The first kappa shape index (κ1) is 20.4. The normalized spacial score (nSPS) is 21.2. The van der Waals surface area contributed by atoms with Crippen LogP contribution < -0.4 is 15.0 Å². The lowest BCUT2D eigenvalue weighted by molar-refractivity contribution is -0.122. The number of carbonyl (C=O) groups excluding carboxylic acids is 2. The van der Waals surface area contributed by atoms with E-state index in [0.717, 1.165) is 11.3 Å². The number of sulfonamides is 1. The summed E-state index contributed by atoms with van der Waals surface area (Å²) in [6.07, 6.45) is 0.402. The predicted molar refractivity (Wildman–Crippen MR) is 112 cm³/mol. The molecule has 2 aromatic rings. The number of methoxy groups -OCH3 is 1. The first-order valence-corrected chi connectivity index (χ1v) is 11.0. The lowest BCUT2D eigenvalue weighted by Crippen LogP contribution is -2.42. The van der Waals surface area contributed by atoms with Crippen LogP contribution in [0.4, 0.5) is 11.4 Å². The Labute approximate surface area is 175 Å². The molecular formula is C21H23N3O5S. The molecule has 2 aromatic carbocycles. The third kappa shape index (κ3) is 3.05. The molecule has 8 nitrogen and oxygen atoms in total. The third-order valence-corrected chi connectivity index (χ3v) is 7.70. The van der Waals surface area contributed by atoms with Crippen LogP contribution in [0, 0.1) is 0 Å². The van der Waals surface area contributed by atoms with Crippen molar-refractivity contribution in [3.05, 3.63) is 48.0 Å². The Morgan fingerprint density at radius 1 is 1.17 bits per heavy atom. The Hall–Kier alpha value is -2.91. The van der Waals surface area contributed by atoms with E-state index in [4.69, 9.17) is 4.74 Å². The minimum Gasteiger partial charge on any atom is -0.497 e. The van der Waals surface area contributed by atoms with Crippen LogP contribution in [0.2, 0.25) is 0 Å². The smallest absolute Gasteiger partial charge is 0.243 e. The number of hydrogen-bond donors (Lipinski definition) is 1. The van der Waals surface area contributed by atoms with Crippen molar-refractivity contribution in [2.24, 2.45) is 0 Å². The summed E-state index contributed by atoms with van der Waals surface area (Å²) in [4.78, 5) is 26.0. The molecule has 1 N–H and O–H groups in total. The van der Waals surface area contributed by atoms with E-state index in [9.17, 15) is 18.0 Å². The molecule has 0 aromatic heterocycles. The monoisotopic (exact) mass is 429 g/mol. The number of carbonyl (C=O) groups is 2. The molecule has 0 radical (unpaired) electrons. The van der Waals surface area contributed by atoms with Gasteiger partial charge in [0.05, 0.1) is 17.4 Å². The van der Waals surface area contributed by atoms with Gasteiger partial charge in [-0.15, -0.1) is 0 Å². The van der Waals surface area contributed by atoms with Crippen LogP contribution in [0.25, 0.3) is 0 Å². The van der Waals surface area contributed by atoms with Gasteiger partial charge in [-0.1, -0.05) is 0 Å². The minimum atomic E-state index is -3.79. The van der Waals surface area contributed by atoms with E-state index in [-0.39, 0.29) is 29.8 Å². The summed E-state index contributed by atoms with van der Waals surface area (Å²) < 4.78 is 33.1. The van der Waals surface area contributed by atoms with Gasteiger partial charge in [-0.25, -0.2) is 8.42 Å². The van der Waals surface area contributed by atoms with Crippen molar-refractivity contribution in [1.82, 2.24) is 4.31 Å². The maximum absolute atomic E-state index is 13.2. The number of benzene rings is 2. The van der Waals surface area contributed by atoms with Crippen LogP contribution >= 0.6 is 0 Å². The standard InChI is InChI=1S/C21H23N3O5S/c1-14(25)22-15-4-7-17(8-5-15)30(27,28)24-11-10-21(13-24)18-12-16(29-3)6-9-19(18)23(2)20(21)26/h4-9,12H,10-11,13H2,1-3H3,(H,22,25). The number of amides is 2. The molecule has 2 aliphatic heterocycles. The summed E-state index contributed by atoms with van der Waals surface area (Å²) in [6, 6.07) is 11.5. The molecule has 4 rings (SSSR count). The highest BCUT2D eigenvalue weighted by atomic mass is 32.2. The van der Waals surface area contributed by atoms with Gasteiger partial charge in [0, 0.05) is 38.4 Å². The van der Waals surface area contributed by atoms with E-state index < -0.39 is 15.4 Å². The summed E-state index contributed by atoms with van der Waals surface area (Å²) >= 11 is 0. The van der Waals surface area contributed by atoms with Crippen molar-refractivity contribution < 1.29 is 22.7 Å². The van der Waals surface area contributed by atoms with Crippen molar-refractivity contribution >= 4 is 33.2 Å². The average molecular weight is 429 g/mol. The Bertz CT molecular complexity index is 1130. The molecule has 1 fully saturated rings. The van der Waals surface area contributed by atoms with Gasteiger partial charge in [0.15, 0.2) is 0 Å². The molecule has 1 unspecified atom stereocenters. The maximum Gasteiger partial charge on any atom is 0.243 e. The summed E-state index contributed by atoms with van der Waals surface area (Å²) in [5.74, 6) is 0.292. The van der Waals surface area contributed by atoms with Crippen LogP contribution in [-0.2, 0) is 25.0 Å². The molecule has 1 spiro atoms. The number of ether oxygens (including phenoxy) is 1. The van der Waals surface area contributed by atoms with Crippen molar-refractivity contribution in [2.45, 2.75) is 23.7 Å². The highest BCUT2D eigenvalue weighted by Crippen LogP contribution is 2.48. The second-order valence-corrected chi connectivity index (χ2v) is 9.56. The van der Waals surface area contributed by atoms with E-state index in [1.807, 2.05) is 12.1 Å². The van der Waals surface area contributed by atoms with E-state index in [2.05, 4.69) is 5.32 Å². The Kier molecular flexibility index (Phi) is 4.82. The number of rotatable bonds is 4. The van der Waals surface area contributed by atoms with Gasteiger partial charge in [0.1, 0.15) is 5.75 Å². The Morgan fingerprint density at radius 2 is 1.87 bits per heavy atom. The second-order valence-electron chi connectivity index (χ2n) is 7.62. The Balaban J connectivity index is 1.66. The number of nitrogens with one attached hydrogen (secondary N) is 1. The van der Waals surface area contributed by atoms with Crippen LogP contribution in [0.1, 0.15) is 18.9 Å². The fourth-order valence-corrected chi connectivity index (χ4v) is 5.80. The fourth-order valence-electron chi connectivity index (χ4n) is 4.30. The first-order chi connectivity index (χ1) is 14.2. The molecule has 2 aliphatic rings. The highest BCUT2D eigenvalue weighted by Gasteiger charge is 2.55. The van der Waals surface area contributed by atoms with Crippen molar-refractivity contribution in [3.63, 3.8) is 0 Å². The summed E-state index contributed by atoms with van der Waals surface area (Å²) in [7, 11) is -0.519. The minimum absolute atomic E-state index is 0.0755. The van der Waals surface area contributed by atoms with Crippen LogP contribution in [0.3, 0.4) is 0 Å². The van der Waals surface area contributed by atoms with Gasteiger partial charge in [0.25, 0.3) is 0 Å². The summed E-state index contributed by atoms with van der Waals surface area (Å²) in [6.45, 7) is 1.70. The van der Waals surface area contributed by atoms with Crippen LogP contribution in [0.5, 0.6) is 5.75 Å². The third-order valence-electron chi connectivity index (χ3n) is 5.84. The zero-order valence-corrected chi connectivity index (χ0v) is 17.8. The van der Waals surface area contributed by atoms with Crippen molar-refractivity contribution in [1.29, 1.82) is 0 Å². The van der Waals surface area contributed by atoms with Gasteiger partial charge in [-0.2, -0.15) is 4.31 Å². The number of hydrogen-bond acceptors (Lipinski definition) is 5. The highest BCUT2D eigenvalue weighted by molar-refractivity contribution is 7.89. The lowest BCUT2D eigenvalue weighted by Gasteiger charge is -2.23. The molecule has 1 saturated heterocycles. The number of fused-ring (bicyclic) bond motifs is 2. The molecule has 0 saturated carbocycles. The molecule has 1 atom stereocenters. The van der Waals surface area contributed by atoms with E-state index in [0.29, 0.717) is 17.9 Å². The van der Waals surface area contributed by atoms with Crippen LogP contribution in [-0.4, -0.2) is 51.8 Å². The second kappa shape index (κ2) is 7.10. The van der Waals surface area contributed by atoms with Crippen molar-refractivity contribution in [2.75, 3.05) is 37.5 Å². The molecule has 0 aliphatic carbocycles. The van der Waals surface area contributed by atoms with E-state index in [1.165, 1.54) is 23.4 Å². The fraction of sp³-hybridized carbons (Fsp3) is 0.333. The molecule has 30 heavy (non-hydrogen) atoms. The average Bonchev–Trinajstić information content (AvgIpc) is 3.26. The summed E-state index contributed by atoms with van der Waals surface area (Å²) in [5, 5.41) is 2.62. The molecule has 9 heteroatoms. The predicted octanol–water partition coefficient (Wildman–Crippen LogP) is 1.96. The first-order valence-electron chi connectivity index (χ1n) is 9.53. The van der Waals surface area contributed by atoms with Crippen molar-refractivity contribution in [3.8, 4) is 5.75 Å². The maximum atomic E-state index is 13.2. The largest absolute Gasteiger partial charge is 0.497 e. The quantitative estimate of drug-likeness (QED) is 0.802. The van der Waals surface area contributed by atoms with Gasteiger partial charge in [-0.05, 0) is 54.4 Å².